The second-order valence-corrected chi connectivity index (χ2v) is 12.7. The number of imide groups is 1. The molecule has 1 aromatic carbocycles. The first-order valence-electron chi connectivity index (χ1n) is 13.4. The first-order chi connectivity index (χ1) is 19.4. The van der Waals surface area contributed by atoms with Crippen molar-refractivity contribution >= 4 is 39.6 Å². The molecule has 1 unspecified atom stereocenters. The van der Waals surface area contributed by atoms with Crippen molar-refractivity contribution in [3.8, 4) is 0 Å². The number of carbonyl (C=O) groups excluding carboxylic acids is 4. The normalized spacial score (nSPS) is 22.6. The number of carbonyl (C=O) groups is 4. The third kappa shape index (κ3) is 7.51. The van der Waals surface area contributed by atoms with E-state index >= 15 is 0 Å². The van der Waals surface area contributed by atoms with Crippen molar-refractivity contribution in [2.24, 2.45) is 11.8 Å². The zero-order valence-electron chi connectivity index (χ0n) is 22.9. The number of allylic oxidation sites excluding steroid dienone is 4. The second kappa shape index (κ2) is 12.8. The Balaban J connectivity index is 1.30. The number of rotatable bonds is 8. The lowest BCUT2D eigenvalue weighted by atomic mass is 9.88. The monoisotopic (exact) mass is 592 g/mol. The molecule has 4 rings (SSSR count). The summed E-state index contributed by atoms with van der Waals surface area (Å²) in [6, 6.07) is 4.28. The molecule has 222 valence electrons. The lowest BCUT2D eigenvalue weighted by Crippen LogP contribution is -2.42. The summed E-state index contributed by atoms with van der Waals surface area (Å²) in [6.45, 7) is 1.77. The predicted octanol–water partition coefficient (Wildman–Crippen LogP) is 3.70. The maximum Gasteiger partial charge on any atom is 0.419 e. The van der Waals surface area contributed by atoms with E-state index in [4.69, 9.17) is 14.2 Å². The summed E-state index contributed by atoms with van der Waals surface area (Å²) < 4.78 is 53.7. The van der Waals surface area contributed by atoms with Crippen LogP contribution in [0.15, 0.2) is 42.5 Å². The van der Waals surface area contributed by atoms with Gasteiger partial charge in [0, 0.05) is 6.92 Å². The van der Waals surface area contributed by atoms with Crippen molar-refractivity contribution < 1.29 is 46.2 Å². The van der Waals surface area contributed by atoms with E-state index in [-0.39, 0.29) is 42.1 Å². The highest BCUT2D eigenvalue weighted by Gasteiger charge is 2.37. The summed E-state index contributed by atoms with van der Waals surface area (Å²) in [4.78, 5) is 51.5. The van der Waals surface area contributed by atoms with Gasteiger partial charge in [0.15, 0.2) is 0 Å². The second-order valence-electron chi connectivity index (χ2n) is 10.4. The van der Waals surface area contributed by atoms with Gasteiger partial charge in [-0.2, -0.15) is 0 Å². The van der Waals surface area contributed by atoms with E-state index in [0.717, 1.165) is 11.8 Å². The minimum atomic E-state index is -3.09. The summed E-state index contributed by atoms with van der Waals surface area (Å²) in [5, 5.41) is 0. The Morgan fingerprint density at radius 2 is 1.90 bits per heavy atom. The number of benzene rings is 1. The van der Waals surface area contributed by atoms with Crippen molar-refractivity contribution in [2.45, 2.75) is 45.1 Å². The molecule has 11 nitrogen and oxygen atoms in total. The minimum absolute atomic E-state index is 0.00546. The van der Waals surface area contributed by atoms with Crippen LogP contribution in [0.4, 0.5) is 19.7 Å². The molecular weight excluding hydrogens is 559 g/mol. The predicted molar refractivity (Wildman–Crippen MR) is 145 cm³/mol. The SMILES string of the molecule is CC(=O)N(C[C@H]1CN(c2ccc(C3CCS(=O)(=O)CC3)c(F)c2)C(=O)O1)C(=O)OCOC(=O)[C@@H](C)C1C=CC=CC1. The quantitative estimate of drug-likeness (QED) is 0.327. The summed E-state index contributed by atoms with van der Waals surface area (Å²) in [7, 11) is -3.09. The molecule has 2 heterocycles. The van der Waals surface area contributed by atoms with Gasteiger partial charge >= 0.3 is 18.2 Å². The lowest BCUT2D eigenvalue weighted by molar-refractivity contribution is -0.158. The Labute approximate surface area is 237 Å². The van der Waals surface area contributed by atoms with Gasteiger partial charge in [-0.3, -0.25) is 14.5 Å². The van der Waals surface area contributed by atoms with Gasteiger partial charge < -0.3 is 14.2 Å². The fraction of sp³-hybridized carbons (Fsp3) is 0.500. The Bertz CT molecular complexity index is 1350. The van der Waals surface area contributed by atoms with Gasteiger partial charge in [0.25, 0.3) is 0 Å². The van der Waals surface area contributed by atoms with Crippen molar-refractivity contribution in [3.05, 3.63) is 53.9 Å². The van der Waals surface area contributed by atoms with Gasteiger partial charge in [-0.05, 0) is 48.8 Å². The van der Waals surface area contributed by atoms with Gasteiger partial charge in [0.2, 0.25) is 12.7 Å². The highest BCUT2D eigenvalue weighted by atomic mass is 32.2. The number of hydrogen-bond donors (Lipinski definition) is 0. The van der Waals surface area contributed by atoms with Crippen molar-refractivity contribution in [1.82, 2.24) is 4.90 Å². The maximum atomic E-state index is 15.0. The summed E-state index contributed by atoms with van der Waals surface area (Å²) in [5.41, 5.74) is 0.615. The van der Waals surface area contributed by atoms with Crippen LogP contribution in [0.2, 0.25) is 0 Å². The van der Waals surface area contributed by atoms with Crippen LogP contribution >= 0.6 is 0 Å². The number of sulfone groups is 1. The molecule has 3 aliphatic rings. The van der Waals surface area contributed by atoms with Crippen LogP contribution in [-0.2, 0) is 33.6 Å². The van der Waals surface area contributed by atoms with E-state index in [1.54, 1.807) is 13.0 Å². The third-order valence-electron chi connectivity index (χ3n) is 7.56. The number of cyclic esters (lactones) is 1. The fourth-order valence-electron chi connectivity index (χ4n) is 5.07. The Morgan fingerprint density at radius 3 is 2.54 bits per heavy atom. The van der Waals surface area contributed by atoms with Crippen LogP contribution in [-0.4, -0.2) is 74.9 Å². The van der Waals surface area contributed by atoms with Crippen LogP contribution in [0.3, 0.4) is 0 Å². The van der Waals surface area contributed by atoms with Crippen molar-refractivity contribution in [3.63, 3.8) is 0 Å². The highest BCUT2D eigenvalue weighted by molar-refractivity contribution is 7.91. The van der Waals surface area contributed by atoms with Crippen molar-refractivity contribution in [2.75, 3.05) is 36.3 Å². The van der Waals surface area contributed by atoms with Gasteiger partial charge in [-0.15, -0.1) is 0 Å². The highest BCUT2D eigenvalue weighted by Crippen LogP contribution is 2.33. The molecule has 41 heavy (non-hydrogen) atoms. The average Bonchev–Trinajstić information content (AvgIpc) is 3.31. The van der Waals surface area contributed by atoms with Crippen LogP contribution in [0.1, 0.15) is 44.6 Å². The van der Waals surface area contributed by atoms with Crippen molar-refractivity contribution in [1.29, 1.82) is 0 Å². The molecule has 2 fully saturated rings. The van der Waals surface area contributed by atoms with Crippen LogP contribution in [0.25, 0.3) is 0 Å². The number of esters is 1. The molecule has 0 N–H and O–H groups in total. The summed E-state index contributed by atoms with van der Waals surface area (Å²) in [6.07, 6.45) is 6.15. The topological polar surface area (TPSA) is 137 Å². The zero-order chi connectivity index (χ0) is 29.7. The molecule has 13 heteroatoms. The molecule has 2 saturated heterocycles. The van der Waals surface area contributed by atoms with Crippen LogP contribution in [0, 0.1) is 17.7 Å². The summed E-state index contributed by atoms with van der Waals surface area (Å²) >= 11 is 0. The first kappa shape index (κ1) is 30.2. The number of anilines is 1. The molecule has 2 aliphatic heterocycles. The smallest absolute Gasteiger partial charge is 0.419 e. The molecule has 1 aliphatic carbocycles. The molecule has 1 aromatic rings. The summed E-state index contributed by atoms with van der Waals surface area (Å²) in [5.74, 6) is -2.50. The molecule has 3 atom stereocenters. The average molecular weight is 593 g/mol. The molecule has 3 amide bonds. The zero-order valence-corrected chi connectivity index (χ0v) is 23.7. The van der Waals surface area contributed by atoms with E-state index < -0.39 is 58.5 Å². The van der Waals surface area contributed by atoms with Gasteiger partial charge in [-0.1, -0.05) is 37.3 Å². The number of halogens is 1. The Kier molecular flexibility index (Phi) is 9.46. The molecular formula is C28H33FN2O9S. The lowest BCUT2D eigenvalue weighted by Gasteiger charge is -2.23. The molecule has 0 saturated carbocycles. The van der Waals surface area contributed by atoms with E-state index in [1.165, 1.54) is 17.0 Å². The van der Waals surface area contributed by atoms with E-state index in [1.807, 2.05) is 24.3 Å². The van der Waals surface area contributed by atoms with Gasteiger partial charge in [0.05, 0.1) is 36.2 Å². The van der Waals surface area contributed by atoms with E-state index in [0.29, 0.717) is 24.8 Å². The van der Waals surface area contributed by atoms with Gasteiger partial charge in [0.1, 0.15) is 21.8 Å². The maximum absolute atomic E-state index is 15.0. The minimum Gasteiger partial charge on any atom is -0.442 e. The standard InChI is InChI=1S/C28H33FN2O9S/c1-18(20-6-4-3-5-7-20)26(33)38-17-39-27(34)30(19(2)32)15-23-16-31(28(35)40-23)22-8-9-24(25(29)14-22)21-10-12-41(36,37)13-11-21/h3-6,8-9,14,18,20-21,23H,7,10-13,15-17H2,1-2H3/t18-,20?,23-/m0/s1. The Morgan fingerprint density at radius 1 is 1.17 bits per heavy atom. The molecule has 0 spiro atoms. The molecule has 0 bridgehead atoms. The number of amides is 3. The number of nitrogens with zero attached hydrogens (tertiary/aromatic N) is 2. The Hall–Kier alpha value is -3.74. The molecule has 0 aromatic heterocycles. The third-order valence-corrected chi connectivity index (χ3v) is 9.28. The van der Waals surface area contributed by atoms with E-state index in [9.17, 15) is 32.0 Å². The largest absolute Gasteiger partial charge is 0.442 e. The fourth-order valence-corrected chi connectivity index (χ4v) is 6.56. The van der Waals surface area contributed by atoms with Crippen LogP contribution < -0.4 is 4.90 Å². The number of hydrogen-bond acceptors (Lipinski definition) is 9. The molecule has 0 radical (unpaired) electrons. The van der Waals surface area contributed by atoms with E-state index in [2.05, 4.69) is 0 Å². The van der Waals surface area contributed by atoms with Crippen LogP contribution in [0.5, 0.6) is 0 Å². The number of ether oxygens (including phenoxy) is 3. The first-order valence-corrected chi connectivity index (χ1v) is 15.2. The van der Waals surface area contributed by atoms with Gasteiger partial charge in [-0.25, -0.2) is 27.3 Å².